The average Bonchev–Trinajstić information content (AvgIpc) is 3.67. The van der Waals surface area contributed by atoms with Gasteiger partial charge in [-0.2, -0.15) is 26.2 Å². The molecule has 0 heterocycles. The maximum Gasteiger partial charge on any atom is 1.00 e. The molecule has 6 unspecified atom stereocenters. The van der Waals surface area contributed by atoms with E-state index in [0.717, 1.165) is 31.1 Å². The van der Waals surface area contributed by atoms with Gasteiger partial charge < -0.3 is 25.5 Å². The first-order chi connectivity index (χ1) is 17.4. The van der Waals surface area contributed by atoms with Crippen LogP contribution in [0.2, 0.25) is 0 Å². The van der Waals surface area contributed by atoms with E-state index in [1.807, 2.05) is 0 Å². The number of carboxylic acid groups (broad SMARTS) is 1. The number of aliphatic hydroxyl groups excluding tert-OH is 1. The van der Waals surface area contributed by atoms with E-state index in [0.29, 0.717) is 24.4 Å². The van der Waals surface area contributed by atoms with Crippen molar-refractivity contribution in [2.75, 3.05) is 13.2 Å². The van der Waals surface area contributed by atoms with E-state index in [1.165, 1.54) is 32.1 Å². The monoisotopic (exact) mass is 630 g/mol. The minimum Gasteiger partial charge on any atom is -0.691 e. The minimum absolute atomic E-state index is 0. The van der Waals surface area contributed by atoms with Gasteiger partial charge in [-0.3, -0.25) is 10.1 Å². The zero-order valence-electron chi connectivity index (χ0n) is 21.4. The van der Waals surface area contributed by atoms with Gasteiger partial charge in [-0.1, -0.05) is 12.8 Å². The van der Waals surface area contributed by atoms with Gasteiger partial charge in [0.1, 0.15) is 24.1 Å². The first kappa shape index (κ1) is 40.1. The summed E-state index contributed by atoms with van der Waals surface area (Å²) in [4.78, 5) is 20.6. The number of ether oxygens (including phenoxy) is 1. The van der Waals surface area contributed by atoms with Crippen molar-refractivity contribution < 1.29 is 130 Å². The van der Waals surface area contributed by atoms with Crippen LogP contribution in [0.15, 0.2) is 0 Å². The number of fused-ring (bicyclic) bond motifs is 4. The smallest absolute Gasteiger partial charge is 0.691 e. The van der Waals surface area contributed by atoms with Gasteiger partial charge in [-0.15, -0.1) is 0 Å². The summed E-state index contributed by atoms with van der Waals surface area (Å²) in [6.07, 6.45) is 9.92. The Bertz CT molecular complexity index is 748. The molecule has 2 N–H and O–H groups in total. The van der Waals surface area contributed by atoms with Crippen LogP contribution in [0.4, 0.5) is 17.6 Å². The number of rotatable bonds is 11. The fraction of sp³-hybridized carbons (Fsp3) is 0.900. The van der Waals surface area contributed by atoms with E-state index in [2.05, 4.69) is 23.5 Å². The molecule has 0 saturated heterocycles. The molecule has 0 aromatic carbocycles. The molecule has 4 fully saturated rings. The fourth-order valence-corrected chi connectivity index (χ4v) is 6.06. The topological polar surface area (TPSA) is 167 Å². The normalized spacial score (nSPS) is 28.3. The molecule has 39 heavy (non-hydrogen) atoms. The van der Waals surface area contributed by atoms with Gasteiger partial charge in [0.15, 0.2) is 0 Å². The molecule has 216 valence electrons. The molecular formula is C20H28F4Na2O11S2. The number of hydrogen-bond acceptors (Lipinski definition) is 12. The van der Waals surface area contributed by atoms with E-state index in [-0.39, 0.29) is 71.6 Å². The zero-order chi connectivity index (χ0) is 27.6. The van der Waals surface area contributed by atoms with E-state index >= 15 is 0 Å². The Balaban J connectivity index is 0.000000588. The molecule has 0 aromatic rings. The van der Waals surface area contributed by atoms with E-state index in [9.17, 15) is 32.4 Å². The van der Waals surface area contributed by atoms with Crippen LogP contribution in [0, 0.1) is 35.5 Å². The summed E-state index contributed by atoms with van der Waals surface area (Å²) >= 11 is -1.54. The number of carboxylic acids is 1. The van der Waals surface area contributed by atoms with Crippen molar-refractivity contribution in [3.8, 4) is 0 Å². The average molecular weight is 631 g/mol. The van der Waals surface area contributed by atoms with Crippen LogP contribution < -0.4 is 69.6 Å². The number of aliphatic hydroxyl groups is 1. The molecule has 11 nitrogen and oxygen atoms in total. The van der Waals surface area contributed by atoms with Crippen LogP contribution in [0.5, 0.6) is 0 Å². The van der Waals surface area contributed by atoms with E-state index in [4.69, 9.17) is 15.5 Å². The summed E-state index contributed by atoms with van der Waals surface area (Å²) in [6, 6.07) is 0. The third-order valence-electron chi connectivity index (χ3n) is 7.25. The van der Waals surface area contributed by atoms with Crippen LogP contribution in [0.3, 0.4) is 0 Å². The van der Waals surface area contributed by atoms with Crippen LogP contribution in [0.1, 0.15) is 51.4 Å². The number of hydrogen-bond donors (Lipinski definition) is 2. The van der Waals surface area contributed by atoms with E-state index < -0.39 is 46.5 Å². The second-order valence-electron chi connectivity index (χ2n) is 9.43. The molecule has 4 rings (SSSR count). The molecular weight excluding hydrogens is 602 g/mol. The molecule has 0 aromatic heterocycles. The van der Waals surface area contributed by atoms with Crippen molar-refractivity contribution >= 4 is 36.0 Å². The van der Waals surface area contributed by atoms with Crippen molar-refractivity contribution in [3.05, 3.63) is 0 Å². The molecule has 4 aliphatic carbocycles. The summed E-state index contributed by atoms with van der Waals surface area (Å²) in [6.45, 7) is 0.454. The number of esters is 1. The number of carbonyl (C=O) groups excluding carboxylic acids is 1. The molecule has 19 heteroatoms. The van der Waals surface area contributed by atoms with Crippen LogP contribution in [0.25, 0.3) is 0 Å². The molecule has 4 saturated carbocycles. The third kappa shape index (κ3) is 13.1. The first-order valence-corrected chi connectivity index (χ1v) is 13.0. The Hall–Kier alpha value is 1.08. The van der Waals surface area contributed by atoms with Gasteiger partial charge in [0.2, 0.25) is 0 Å². The van der Waals surface area contributed by atoms with Gasteiger partial charge in [0.25, 0.3) is 0 Å². The van der Waals surface area contributed by atoms with Gasteiger partial charge in [0.05, 0.1) is 6.61 Å². The third-order valence-corrected chi connectivity index (χ3v) is 8.26. The van der Waals surface area contributed by atoms with Crippen molar-refractivity contribution in [1.82, 2.24) is 0 Å². The quantitative estimate of drug-likeness (QED) is 0.0575. The SMILES string of the molecule is O=C(O)C(F)(F)SOO[O-].O=C(OCC1CC2CCC1C2)C(F)(F)SOO[O-].OCC1CC2CCC1C2.[Na+].[Na+]. The number of carbonyl (C=O) groups is 2. The zero-order valence-corrected chi connectivity index (χ0v) is 27.1. The predicted molar refractivity (Wildman–Crippen MR) is 113 cm³/mol. The van der Waals surface area contributed by atoms with Crippen molar-refractivity contribution in [2.45, 2.75) is 61.9 Å². The Morgan fingerprint density at radius 2 is 1.26 bits per heavy atom. The van der Waals surface area contributed by atoms with Crippen molar-refractivity contribution in [2.24, 2.45) is 35.5 Å². The summed E-state index contributed by atoms with van der Waals surface area (Å²) in [7, 11) is 0. The second-order valence-corrected chi connectivity index (χ2v) is 11.1. The number of alkyl halides is 4. The molecule has 0 aliphatic heterocycles. The van der Waals surface area contributed by atoms with Gasteiger partial charge in [-0.25, -0.2) is 9.59 Å². The maximum absolute atomic E-state index is 13.0. The summed E-state index contributed by atoms with van der Waals surface area (Å²) in [5.41, 5.74) is 0. The Morgan fingerprint density at radius 1 is 0.795 bits per heavy atom. The minimum atomic E-state index is -4.16. The number of halogens is 4. The summed E-state index contributed by atoms with van der Waals surface area (Å²) < 4.78 is 60.7. The molecule has 6 atom stereocenters. The molecule has 0 amide bonds. The maximum atomic E-state index is 13.0. The van der Waals surface area contributed by atoms with Crippen LogP contribution in [-0.4, -0.2) is 45.9 Å². The Kier molecular flexibility index (Phi) is 19.9. The van der Waals surface area contributed by atoms with Gasteiger partial charge in [-0.05, 0) is 74.0 Å². The standard InChI is InChI=1S/C10H14F2O5S.C8H14O.C2H2F2O5S.2Na/c11-10(12,18-17-16-14)9(13)15-5-8-4-6-1-2-7(8)3-6;9-5-8-4-6-1-2-7(8)3-6;3-2(4,1(5)6)10-9-8-7;;/h6-8,14H,1-5H2;6-9H,1-5H2;7H,(H,5,6);;/q;;;2*+1/p-2. The largest absolute Gasteiger partial charge is 1.00 e. The van der Waals surface area contributed by atoms with Crippen molar-refractivity contribution in [3.63, 3.8) is 0 Å². The summed E-state index contributed by atoms with van der Waals surface area (Å²) in [5, 5.41) is 32.1. The van der Waals surface area contributed by atoms with E-state index in [1.54, 1.807) is 0 Å². The summed E-state index contributed by atoms with van der Waals surface area (Å²) in [5.74, 6) is -0.195. The van der Waals surface area contributed by atoms with Gasteiger partial charge >= 0.3 is 81.6 Å². The van der Waals surface area contributed by atoms with Gasteiger partial charge in [0, 0.05) is 6.61 Å². The Labute approximate surface area is 275 Å². The first-order valence-electron chi connectivity index (χ1n) is 11.5. The van der Waals surface area contributed by atoms with Crippen LogP contribution in [-0.2, 0) is 33.1 Å². The second kappa shape index (κ2) is 19.4. The Morgan fingerprint density at radius 3 is 1.59 bits per heavy atom. The molecule has 0 spiro atoms. The molecule has 0 radical (unpaired) electrons. The predicted octanol–water partition coefficient (Wildman–Crippen LogP) is -3.61. The molecule has 4 aliphatic rings. The molecule has 4 bridgehead atoms. The fourth-order valence-electron chi connectivity index (χ4n) is 5.63. The van der Waals surface area contributed by atoms with Crippen LogP contribution >= 0.6 is 24.1 Å². The van der Waals surface area contributed by atoms with Crippen molar-refractivity contribution in [1.29, 1.82) is 0 Å². The number of aliphatic carboxylic acids is 1.